The number of esters is 2. The highest BCUT2D eigenvalue weighted by Gasteiger charge is 2.24. The molecular formula is C15H19BrN2O5. The Kier molecular flexibility index (Phi) is 8.25. The number of amides is 1. The lowest BCUT2D eigenvalue weighted by molar-refractivity contribution is -0.146. The number of carbonyl (C=O) groups excluding carboxylic acids is 3. The summed E-state index contributed by atoms with van der Waals surface area (Å²) in [6.45, 7) is 3.80. The molecule has 1 atom stereocenters. The third-order valence-electron chi connectivity index (χ3n) is 2.78. The van der Waals surface area contributed by atoms with E-state index < -0.39 is 23.9 Å². The first-order valence-corrected chi connectivity index (χ1v) is 8.01. The first-order valence-electron chi connectivity index (χ1n) is 7.22. The number of pyridine rings is 1. The molecule has 1 aromatic heterocycles. The number of hydrogen-bond acceptors (Lipinski definition) is 6. The Morgan fingerprint density at radius 1 is 1.22 bits per heavy atom. The molecule has 0 aliphatic carbocycles. The van der Waals surface area contributed by atoms with Crippen molar-refractivity contribution in [2.24, 2.45) is 0 Å². The molecule has 23 heavy (non-hydrogen) atoms. The molecule has 0 fully saturated rings. The van der Waals surface area contributed by atoms with Crippen LogP contribution in [0.2, 0.25) is 0 Å². The average molecular weight is 387 g/mol. The van der Waals surface area contributed by atoms with Crippen LogP contribution in [-0.2, 0) is 19.1 Å². The minimum Gasteiger partial charge on any atom is -0.466 e. The first kappa shape index (κ1) is 19.1. The van der Waals surface area contributed by atoms with Gasteiger partial charge in [-0.3, -0.25) is 9.59 Å². The maximum atomic E-state index is 12.1. The Bertz CT molecular complexity index is 547. The molecule has 0 saturated carbocycles. The number of rotatable bonds is 8. The van der Waals surface area contributed by atoms with Gasteiger partial charge < -0.3 is 14.8 Å². The third-order valence-corrected chi connectivity index (χ3v) is 3.25. The molecule has 1 aromatic rings. The van der Waals surface area contributed by atoms with E-state index in [0.717, 1.165) is 4.47 Å². The summed E-state index contributed by atoms with van der Waals surface area (Å²) in [4.78, 5) is 39.4. The second-order valence-electron chi connectivity index (χ2n) is 4.48. The molecule has 7 nitrogen and oxygen atoms in total. The van der Waals surface area contributed by atoms with Gasteiger partial charge in [0.05, 0.1) is 13.2 Å². The fourth-order valence-electron chi connectivity index (χ4n) is 1.73. The van der Waals surface area contributed by atoms with Crippen molar-refractivity contribution in [1.82, 2.24) is 10.3 Å². The second kappa shape index (κ2) is 9.94. The Labute approximate surface area is 142 Å². The van der Waals surface area contributed by atoms with Gasteiger partial charge in [0, 0.05) is 17.1 Å². The van der Waals surface area contributed by atoms with Crippen molar-refractivity contribution < 1.29 is 23.9 Å². The number of nitrogens with zero attached hydrogens (tertiary/aromatic N) is 1. The van der Waals surface area contributed by atoms with Crippen LogP contribution < -0.4 is 5.32 Å². The van der Waals surface area contributed by atoms with Crippen molar-refractivity contribution in [3.8, 4) is 0 Å². The lowest BCUT2D eigenvalue weighted by atomic mass is 10.1. The van der Waals surface area contributed by atoms with Crippen molar-refractivity contribution in [1.29, 1.82) is 0 Å². The predicted octanol–water partition coefficient (Wildman–Crippen LogP) is 1.85. The molecule has 0 aromatic carbocycles. The molecule has 1 N–H and O–H groups in total. The number of ether oxygens (including phenoxy) is 2. The van der Waals surface area contributed by atoms with E-state index in [-0.39, 0.29) is 31.7 Å². The molecule has 0 spiro atoms. The van der Waals surface area contributed by atoms with E-state index in [4.69, 9.17) is 9.47 Å². The van der Waals surface area contributed by atoms with Crippen LogP contribution in [0.4, 0.5) is 0 Å². The summed E-state index contributed by atoms with van der Waals surface area (Å²) < 4.78 is 10.5. The molecule has 0 aliphatic heterocycles. The summed E-state index contributed by atoms with van der Waals surface area (Å²) in [6.07, 6.45) is 1.58. The Morgan fingerprint density at radius 2 is 1.91 bits per heavy atom. The number of nitrogens with one attached hydrogen (secondary N) is 1. The smallest absolute Gasteiger partial charge is 0.328 e. The van der Waals surface area contributed by atoms with Gasteiger partial charge in [-0.25, -0.2) is 9.78 Å². The number of carbonyl (C=O) groups is 3. The van der Waals surface area contributed by atoms with Crippen molar-refractivity contribution in [2.45, 2.75) is 32.7 Å². The minimum atomic E-state index is -0.933. The number of aromatic nitrogens is 1. The van der Waals surface area contributed by atoms with Gasteiger partial charge in [0.2, 0.25) is 0 Å². The van der Waals surface area contributed by atoms with Gasteiger partial charge in [-0.05, 0) is 48.3 Å². The van der Waals surface area contributed by atoms with E-state index in [1.165, 1.54) is 12.3 Å². The van der Waals surface area contributed by atoms with Gasteiger partial charge in [-0.2, -0.15) is 0 Å². The van der Waals surface area contributed by atoms with Crippen molar-refractivity contribution >= 4 is 33.8 Å². The summed E-state index contributed by atoms with van der Waals surface area (Å²) >= 11 is 3.22. The molecule has 0 bridgehead atoms. The molecule has 0 radical (unpaired) electrons. The summed E-state index contributed by atoms with van der Waals surface area (Å²) in [5.74, 6) is -1.54. The maximum absolute atomic E-state index is 12.1. The van der Waals surface area contributed by atoms with E-state index in [2.05, 4.69) is 26.2 Å². The number of hydrogen-bond donors (Lipinski definition) is 1. The molecular weight excluding hydrogens is 368 g/mol. The third kappa shape index (κ3) is 6.77. The largest absolute Gasteiger partial charge is 0.466 e. The normalized spacial score (nSPS) is 11.4. The van der Waals surface area contributed by atoms with Crippen LogP contribution in [0.15, 0.2) is 22.8 Å². The van der Waals surface area contributed by atoms with Crippen LogP contribution in [0.1, 0.15) is 37.2 Å². The van der Waals surface area contributed by atoms with E-state index in [1.54, 1.807) is 19.9 Å². The monoisotopic (exact) mass is 386 g/mol. The lowest BCUT2D eigenvalue weighted by Crippen LogP contribution is -2.42. The zero-order valence-corrected chi connectivity index (χ0v) is 14.6. The minimum absolute atomic E-state index is 0.00532. The molecule has 1 amide bonds. The molecule has 0 saturated heterocycles. The van der Waals surface area contributed by atoms with Gasteiger partial charge in [-0.1, -0.05) is 0 Å². The van der Waals surface area contributed by atoms with Gasteiger partial charge in [-0.15, -0.1) is 0 Å². The predicted molar refractivity (Wildman–Crippen MR) is 85.7 cm³/mol. The zero-order chi connectivity index (χ0) is 17.2. The summed E-state index contributed by atoms with van der Waals surface area (Å²) in [6, 6.07) is 2.25. The van der Waals surface area contributed by atoms with E-state index in [0.29, 0.717) is 0 Å². The fourth-order valence-corrected chi connectivity index (χ4v) is 1.96. The van der Waals surface area contributed by atoms with Crippen molar-refractivity contribution in [2.75, 3.05) is 13.2 Å². The van der Waals surface area contributed by atoms with Crippen LogP contribution in [0.3, 0.4) is 0 Å². The van der Waals surface area contributed by atoms with Gasteiger partial charge >= 0.3 is 11.9 Å². The van der Waals surface area contributed by atoms with Crippen molar-refractivity contribution in [3.05, 3.63) is 28.5 Å². The number of halogens is 1. The zero-order valence-electron chi connectivity index (χ0n) is 13.0. The molecule has 8 heteroatoms. The average Bonchev–Trinajstić information content (AvgIpc) is 2.52. The summed E-state index contributed by atoms with van der Waals surface area (Å²) in [7, 11) is 0. The van der Waals surface area contributed by atoms with Gasteiger partial charge in [0.1, 0.15) is 11.7 Å². The highest BCUT2D eigenvalue weighted by Crippen LogP contribution is 2.08. The highest BCUT2D eigenvalue weighted by molar-refractivity contribution is 9.10. The first-order chi connectivity index (χ1) is 11.0. The topological polar surface area (TPSA) is 94.6 Å². The molecule has 1 heterocycles. The van der Waals surface area contributed by atoms with E-state index >= 15 is 0 Å². The van der Waals surface area contributed by atoms with Crippen LogP contribution in [0.25, 0.3) is 0 Å². The quantitative estimate of drug-likeness (QED) is 0.685. The molecule has 126 valence electrons. The van der Waals surface area contributed by atoms with Crippen LogP contribution >= 0.6 is 15.9 Å². The Hall–Kier alpha value is -1.96. The van der Waals surface area contributed by atoms with Gasteiger partial charge in [0.25, 0.3) is 5.91 Å². The molecule has 1 rings (SSSR count). The molecule has 0 aliphatic rings. The van der Waals surface area contributed by atoms with E-state index in [9.17, 15) is 14.4 Å². The second-order valence-corrected chi connectivity index (χ2v) is 5.40. The standard InChI is InChI=1S/C15H19BrN2O5/c1-3-22-13(19)8-7-12(15(21)23-4-2)18-14(20)11-6-5-10(16)9-17-11/h5-6,9,12H,3-4,7-8H2,1-2H3,(H,18,20)/t12-/m0/s1. The highest BCUT2D eigenvalue weighted by atomic mass is 79.9. The summed E-state index contributed by atoms with van der Waals surface area (Å²) in [5.41, 5.74) is 0.165. The maximum Gasteiger partial charge on any atom is 0.328 e. The van der Waals surface area contributed by atoms with Crippen LogP contribution in [0, 0.1) is 0 Å². The summed E-state index contributed by atoms with van der Waals surface area (Å²) in [5, 5.41) is 2.54. The van der Waals surface area contributed by atoms with Crippen LogP contribution in [0.5, 0.6) is 0 Å². The fraction of sp³-hybridized carbons (Fsp3) is 0.467. The lowest BCUT2D eigenvalue weighted by Gasteiger charge is -2.16. The van der Waals surface area contributed by atoms with Gasteiger partial charge in [0.15, 0.2) is 0 Å². The Morgan fingerprint density at radius 3 is 2.48 bits per heavy atom. The Balaban J connectivity index is 2.71. The van der Waals surface area contributed by atoms with Crippen LogP contribution in [-0.4, -0.2) is 42.1 Å². The SMILES string of the molecule is CCOC(=O)CC[C@H](NC(=O)c1ccc(Br)cn1)C(=O)OCC. The van der Waals surface area contributed by atoms with Crippen molar-refractivity contribution in [3.63, 3.8) is 0 Å². The van der Waals surface area contributed by atoms with E-state index in [1.807, 2.05) is 0 Å². The molecule has 0 unspecified atom stereocenters.